The molecule has 0 spiro atoms. The molecule has 0 radical (unpaired) electrons. The van der Waals surface area contributed by atoms with Crippen molar-refractivity contribution in [1.82, 2.24) is 41.5 Å². The lowest BCUT2D eigenvalue weighted by atomic mass is 10.0. The number of benzene rings is 3. The maximum absolute atomic E-state index is 14.2. The van der Waals surface area contributed by atoms with Crippen LogP contribution < -0.4 is 38.1 Å². The van der Waals surface area contributed by atoms with Gasteiger partial charge in [0.1, 0.15) is 24.2 Å². The summed E-state index contributed by atoms with van der Waals surface area (Å²) in [5.41, 5.74) is 14.0. The fourth-order valence-electron chi connectivity index (χ4n) is 6.29. The summed E-state index contributed by atoms with van der Waals surface area (Å²) in [5.74, 6) is -4.88. The molecule has 18 heteroatoms. The number of carboxylic acids is 1. The van der Waals surface area contributed by atoms with Crippen LogP contribution in [0.1, 0.15) is 40.0 Å². The van der Waals surface area contributed by atoms with Gasteiger partial charge in [0.15, 0.2) is 5.96 Å². The van der Waals surface area contributed by atoms with Gasteiger partial charge in [0.05, 0.1) is 12.9 Å². The molecule has 0 fully saturated rings. The fraction of sp³-hybridized carbons (Fsp3) is 0.268. The number of amides is 5. The van der Waals surface area contributed by atoms with Crippen molar-refractivity contribution in [3.8, 4) is 0 Å². The van der Waals surface area contributed by atoms with E-state index >= 15 is 0 Å². The number of nitrogens with one attached hydrogen (secondary N) is 7. The molecule has 2 aromatic heterocycles. The first-order valence-corrected chi connectivity index (χ1v) is 18.8. The monoisotopic (exact) mass is 805 g/mol. The molecular weight excluding hydrogens is 759 g/mol. The predicted octanol–water partition coefficient (Wildman–Crippen LogP) is 0.426. The van der Waals surface area contributed by atoms with Crippen LogP contribution in [0.25, 0.3) is 10.9 Å². The Bertz CT molecular complexity index is 2220. The van der Waals surface area contributed by atoms with Gasteiger partial charge in [0, 0.05) is 60.4 Å². The number of aliphatic carboxylic acids is 1. The quantitative estimate of drug-likeness (QED) is 0.0277. The normalized spacial score (nSPS) is 12.9. The van der Waals surface area contributed by atoms with Gasteiger partial charge in [-0.2, -0.15) is 0 Å². The van der Waals surface area contributed by atoms with Crippen LogP contribution in [0.5, 0.6) is 0 Å². The number of imidazole rings is 1. The lowest BCUT2D eigenvalue weighted by Gasteiger charge is -2.26. The number of hydrogen-bond acceptors (Lipinski definition) is 8. The second-order valence-corrected chi connectivity index (χ2v) is 13.7. The van der Waals surface area contributed by atoms with E-state index in [-0.39, 0.29) is 44.6 Å². The zero-order chi connectivity index (χ0) is 42.1. The van der Waals surface area contributed by atoms with Gasteiger partial charge in [0.25, 0.3) is 5.91 Å². The molecule has 12 N–H and O–H groups in total. The van der Waals surface area contributed by atoms with Crippen molar-refractivity contribution in [3.63, 3.8) is 0 Å². The highest BCUT2D eigenvalue weighted by molar-refractivity contribution is 5.98. The van der Waals surface area contributed by atoms with Gasteiger partial charge in [-0.05, 0) is 42.2 Å². The second-order valence-electron chi connectivity index (χ2n) is 13.7. The number of aliphatic imine (C=N–C) groups is 1. The molecule has 0 bridgehead atoms. The van der Waals surface area contributed by atoms with Crippen LogP contribution in [0.3, 0.4) is 0 Å². The molecule has 59 heavy (non-hydrogen) atoms. The minimum atomic E-state index is -1.36. The van der Waals surface area contributed by atoms with E-state index in [1.165, 1.54) is 12.5 Å². The number of fused-ring (bicyclic) bond motifs is 1. The minimum absolute atomic E-state index is 0.00693. The minimum Gasteiger partial charge on any atom is -0.480 e. The van der Waals surface area contributed by atoms with Crippen molar-refractivity contribution in [1.29, 1.82) is 0 Å². The second kappa shape index (κ2) is 21.1. The number of carbonyl (C=O) groups excluding carboxylic acids is 5. The number of rotatable bonds is 21. The van der Waals surface area contributed by atoms with Crippen molar-refractivity contribution in [2.24, 2.45) is 16.5 Å². The predicted molar refractivity (Wildman–Crippen MR) is 218 cm³/mol. The van der Waals surface area contributed by atoms with Gasteiger partial charge >= 0.3 is 5.97 Å². The van der Waals surface area contributed by atoms with Gasteiger partial charge in [-0.1, -0.05) is 66.7 Å². The Morgan fingerprint density at radius 2 is 1.34 bits per heavy atom. The van der Waals surface area contributed by atoms with Crippen molar-refractivity contribution in [3.05, 3.63) is 126 Å². The molecule has 2 heterocycles. The number of aromatic nitrogens is 3. The lowest BCUT2D eigenvalue weighted by molar-refractivity contribution is -0.142. The summed E-state index contributed by atoms with van der Waals surface area (Å²) >= 11 is 0. The number of nitrogens with zero attached hydrogens (tertiary/aromatic N) is 2. The number of para-hydroxylation sites is 1. The molecule has 5 amide bonds. The van der Waals surface area contributed by atoms with E-state index in [1.807, 2.05) is 24.3 Å². The van der Waals surface area contributed by atoms with Gasteiger partial charge in [-0.15, -0.1) is 0 Å². The summed E-state index contributed by atoms with van der Waals surface area (Å²) in [7, 11) is 0. The van der Waals surface area contributed by atoms with Crippen LogP contribution in [-0.2, 0) is 43.2 Å². The SMILES string of the molecule is NC(N)=NCCC[C@H](NC(=O)[C@@H](Cc1ccccc1)NC(=O)[C@H](Cc1cnc[nH]1)NC(=O)CNC(=O)c1ccccc1)C(=O)N[C@H](Cc1c[nH]c2ccccc12)C(=O)O. The Morgan fingerprint density at radius 3 is 2.02 bits per heavy atom. The zero-order valence-corrected chi connectivity index (χ0v) is 32.0. The summed E-state index contributed by atoms with van der Waals surface area (Å²) in [6.07, 6.45) is 4.69. The van der Waals surface area contributed by atoms with Gasteiger partial charge in [-0.3, -0.25) is 29.0 Å². The Hall–Kier alpha value is -7.50. The topological polar surface area (TPSA) is 292 Å². The summed E-state index contributed by atoms with van der Waals surface area (Å²) in [6.45, 7) is -0.326. The Labute approximate surface area is 339 Å². The molecule has 0 unspecified atom stereocenters. The van der Waals surface area contributed by atoms with Crippen LogP contribution in [0.4, 0.5) is 0 Å². The first-order chi connectivity index (χ1) is 28.5. The number of aromatic amines is 2. The lowest BCUT2D eigenvalue weighted by Crippen LogP contribution is -2.59. The molecule has 18 nitrogen and oxygen atoms in total. The van der Waals surface area contributed by atoms with Crippen LogP contribution >= 0.6 is 0 Å². The van der Waals surface area contributed by atoms with Crippen molar-refractivity contribution < 1.29 is 33.9 Å². The van der Waals surface area contributed by atoms with Crippen LogP contribution in [0.15, 0.2) is 109 Å². The largest absolute Gasteiger partial charge is 0.480 e. The van der Waals surface area contributed by atoms with E-state index in [9.17, 15) is 33.9 Å². The number of H-pyrrole nitrogens is 2. The first-order valence-electron chi connectivity index (χ1n) is 18.8. The van der Waals surface area contributed by atoms with Gasteiger partial charge in [0.2, 0.25) is 23.6 Å². The van der Waals surface area contributed by atoms with E-state index in [0.717, 1.165) is 10.9 Å². The van der Waals surface area contributed by atoms with Crippen molar-refractivity contribution in [2.75, 3.05) is 13.1 Å². The third-order valence-corrected chi connectivity index (χ3v) is 9.28. The maximum atomic E-state index is 14.2. The molecule has 0 saturated carbocycles. The molecule has 0 aliphatic heterocycles. The zero-order valence-electron chi connectivity index (χ0n) is 32.0. The molecule has 308 valence electrons. The van der Waals surface area contributed by atoms with E-state index in [0.29, 0.717) is 22.4 Å². The Balaban J connectivity index is 1.34. The number of carboxylic acid groups (broad SMARTS) is 1. The first kappa shape index (κ1) is 42.6. The standard InChI is InChI=1S/C41H47N11O7/c42-41(43)45-17-9-16-31(37(55)52-34(40(58)59)19-27-21-46-30-15-8-7-14-29(27)30)50-38(56)32(18-25-10-3-1-4-11-25)51-39(57)33(20-28-22-44-24-48-28)49-35(53)23-47-36(54)26-12-5-2-6-13-26/h1-8,10-15,21-22,24,31-34,46H,9,16-20,23H2,(H,44,48)(H,47,54)(H,49,53)(H,50,56)(H,51,57)(H,52,55)(H,58,59)(H4,42,43,45)/t31-,32+,33-,34+/m0/s1. The summed E-state index contributed by atoms with van der Waals surface area (Å²) in [4.78, 5) is 94.1. The van der Waals surface area contributed by atoms with E-state index in [2.05, 4.69) is 46.5 Å². The molecule has 5 rings (SSSR count). The molecule has 4 atom stereocenters. The molecule has 0 aliphatic rings. The third kappa shape index (κ3) is 13.0. The average molecular weight is 806 g/mol. The van der Waals surface area contributed by atoms with Crippen molar-refractivity contribution >= 4 is 52.4 Å². The van der Waals surface area contributed by atoms with Gasteiger partial charge < -0.3 is 53.1 Å². The van der Waals surface area contributed by atoms with Crippen LogP contribution in [0, 0.1) is 0 Å². The number of nitrogens with two attached hydrogens (primary N) is 2. The Kier molecular flexibility index (Phi) is 15.3. The highest BCUT2D eigenvalue weighted by Gasteiger charge is 2.32. The van der Waals surface area contributed by atoms with E-state index in [1.54, 1.807) is 66.9 Å². The molecule has 3 aromatic carbocycles. The number of carbonyl (C=O) groups is 6. The third-order valence-electron chi connectivity index (χ3n) is 9.28. The summed E-state index contributed by atoms with van der Waals surface area (Å²) in [6, 6.07) is 19.3. The smallest absolute Gasteiger partial charge is 0.326 e. The highest BCUT2D eigenvalue weighted by atomic mass is 16.4. The Morgan fingerprint density at radius 1 is 0.712 bits per heavy atom. The number of hydrogen-bond donors (Lipinski definition) is 10. The van der Waals surface area contributed by atoms with Crippen LogP contribution in [-0.4, -0.2) is 98.8 Å². The highest BCUT2D eigenvalue weighted by Crippen LogP contribution is 2.19. The molecule has 0 saturated heterocycles. The summed E-state index contributed by atoms with van der Waals surface area (Å²) in [5, 5.41) is 24.1. The maximum Gasteiger partial charge on any atom is 0.326 e. The number of guanidine groups is 1. The van der Waals surface area contributed by atoms with E-state index < -0.39 is 66.2 Å². The van der Waals surface area contributed by atoms with E-state index in [4.69, 9.17) is 11.5 Å². The van der Waals surface area contributed by atoms with Crippen LogP contribution in [0.2, 0.25) is 0 Å². The average Bonchev–Trinajstić information content (AvgIpc) is 3.91. The molecular formula is C41H47N11O7. The molecule has 0 aliphatic carbocycles. The van der Waals surface area contributed by atoms with Gasteiger partial charge in [-0.25, -0.2) is 9.78 Å². The molecule has 5 aromatic rings. The summed E-state index contributed by atoms with van der Waals surface area (Å²) < 4.78 is 0. The van der Waals surface area contributed by atoms with Crippen molar-refractivity contribution in [2.45, 2.75) is 56.3 Å². The fourth-order valence-corrected chi connectivity index (χ4v) is 6.29.